The second kappa shape index (κ2) is 9.30. The molecule has 4 rings (SSSR count). The third kappa shape index (κ3) is 4.23. The topological polar surface area (TPSA) is 70.2 Å². The van der Waals surface area contributed by atoms with Crippen LogP contribution in [0.1, 0.15) is 45.1 Å². The predicted molar refractivity (Wildman–Crippen MR) is 117 cm³/mol. The number of rotatable bonds is 4. The summed E-state index contributed by atoms with van der Waals surface area (Å²) in [4.78, 5) is 44.2. The van der Waals surface area contributed by atoms with E-state index in [1.165, 1.54) is 17.0 Å². The number of carbonyl (C=O) groups excluding carboxylic acids is 3. The molecule has 8 heteroatoms. The van der Waals surface area contributed by atoms with E-state index in [2.05, 4.69) is 6.92 Å². The number of likely N-dealkylation sites (tertiary alicyclic amines) is 2. The number of carbonyl (C=O) groups is 3. The van der Waals surface area contributed by atoms with Crippen molar-refractivity contribution < 1.29 is 23.5 Å². The van der Waals surface area contributed by atoms with E-state index in [0.717, 1.165) is 19.4 Å². The lowest BCUT2D eigenvalue weighted by atomic mass is 9.98. The Morgan fingerprint density at radius 2 is 1.75 bits per heavy atom. The van der Waals surface area contributed by atoms with E-state index in [9.17, 15) is 18.8 Å². The molecule has 2 fully saturated rings. The van der Waals surface area contributed by atoms with Crippen LogP contribution in [0.15, 0.2) is 30.0 Å². The molecule has 172 valence electrons. The largest absolute Gasteiger partial charge is 0.450 e. The Labute approximate surface area is 187 Å². The van der Waals surface area contributed by atoms with Gasteiger partial charge in [0.25, 0.3) is 11.8 Å². The van der Waals surface area contributed by atoms with Crippen LogP contribution in [0.25, 0.3) is 5.57 Å². The molecule has 0 saturated carbocycles. The fourth-order valence-corrected chi connectivity index (χ4v) is 4.95. The number of ether oxygens (including phenoxy) is 1. The first-order valence-corrected chi connectivity index (χ1v) is 11.5. The SMILES string of the molecule is CCOC(=O)N1CCC(N2C(=O)C(c3ccc(F)cc3)=C(N3CCCC(C)C3)C2=O)CC1. The minimum atomic E-state index is -0.387. The van der Waals surface area contributed by atoms with Gasteiger partial charge in [-0.1, -0.05) is 19.1 Å². The summed E-state index contributed by atoms with van der Waals surface area (Å²) in [6.45, 7) is 6.52. The molecule has 2 saturated heterocycles. The van der Waals surface area contributed by atoms with Crippen LogP contribution < -0.4 is 0 Å². The molecule has 1 atom stereocenters. The maximum atomic E-state index is 13.6. The standard InChI is InChI=1S/C24H30FN3O4/c1-3-32-24(31)26-13-10-19(11-14-26)28-22(29)20(17-6-8-18(25)9-7-17)21(23(28)30)27-12-4-5-16(2)15-27/h6-9,16,19H,3-5,10-15H2,1-2H3. The molecule has 7 nitrogen and oxygen atoms in total. The monoisotopic (exact) mass is 443 g/mol. The quantitative estimate of drug-likeness (QED) is 0.668. The number of hydrogen-bond donors (Lipinski definition) is 0. The molecule has 0 aliphatic carbocycles. The Morgan fingerprint density at radius 1 is 1.06 bits per heavy atom. The van der Waals surface area contributed by atoms with Crippen molar-refractivity contribution in [2.75, 3.05) is 32.8 Å². The molecule has 1 aromatic carbocycles. The number of nitrogens with zero attached hydrogens (tertiary/aromatic N) is 3. The van der Waals surface area contributed by atoms with E-state index < -0.39 is 0 Å². The third-order valence-electron chi connectivity index (χ3n) is 6.55. The second-order valence-electron chi connectivity index (χ2n) is 8.82. The molecule has 3 heterocycles. The van der Waals surface area contributed by atoms with Gasteiger partial charge in [0.15, 0.2) is 0 Å². The van der Waals surface area contributed by atoms with Gasteiger partial charge in [0.05, 0.1) is 12.2 Å². The number of imide groups is 1. The van der Waals surface area contributed by atoms with Crippen molar-refractivity contribution in [3.8, 4) is 0 Å². The fourth-order valence-electron chi connectivity index (χ4n) is 4.95. The van der Waals surface area contributed by atoms with Crippen LogP contribution in [0.3, 0.4) is 0 Å². The van der Waals surface area contributed by atoms with Gasteiger partial charge in [-0.2, -0.15) is 0 Å². The van der Waals surface area contributed by atoms with E-state index in [-0.39, 0.29) is 29.8 Å². The van der Waals surface area contributed by atoms with Crippen molar-refractivity contribution in [2.24, 2.45) is 5.92 Å². The lowest BCUT2D eigenvalue weighted by Gasteiger charge is -2.36. The van der Waals surface area contributed by atoms with E-state index >= 15 is 0 Å². The van der Waals surface area contributed by atoms with Crippen LogP contribution in [0, 0.1) is 11.7 Å². The van der Waals surface area contributed by atoms with E-state index in [4.69, 9.17) is 4.74 Å². The highest BCUT2D eigenvalue weighted by molar-refractivity contribution is 6.35. The van der Waals surface area contributed by atoms with Gasteiger partial charge < -0.3 is 14.5 Å². The first-order valence-electron chi connectivity index (χ1n) is 11.5. The predicted octanol–water partition coefficient (Wildman–Crippen LogP) is 3.26. The lowest BCUT2D eigenvalue weighted by molar-refractivity contribution is -0.141. The zero-order chi connectivity index (χ0) is 22.8. The zero-order valence-corrected chi connectivity index (χ0v) is 18.7. The Balaban J connectivity index is 1.61. The Morgan fingerprint density at radius 3 is 2.38 bits per heavy atom. The van der Waals surface area contributed by atoms with Crippen molar-refractivity contribution in [3.63, 3.8) is 0 Å². The van der Waals surface area contributed by atoms with E-state index in [1.807, 2.05) is 4.90 Å². The molecule has 0 N–H and O–H groups in total. The van der Waals surface area contributed by atoms with Gasteiger partial charge in [0.1, 0.15) is 11.5 Å². The zero-order valence-electron chi connectivity index (χ0n) is 18.7. The van der Waals surface area contributed by atoms with Gasteiger partial charge in [0.2, 0.25) is 0 Å². The maximum Gasteiger partial charge on any atom is 0.409 e. The van der Waals surface area contributed by atoms with Crippen molar-refractivity contribution in [3.05, 3.63) is 41.3 Å². The number of piperidine rings is 2. The molecule has 0 spiro atoms. The third-order valence-corrected chi connectivity index (χ3v) is 6.55. The summed E-state index contributed by atoms with van der Waals surface area (Å²) in [6, 6.07) is 5.48. The molecule has 0 aromatic heterocycles. The van der Waals surface area contributed by atoms with Gasteiger partial charge in [-0.25, -0.2) is 9.18 Å². The number of benzene rings is 1. The molecule has 1 aromatic rings. The van der Waals surface area contributed by atoms with Crippen molar-refractivity contribution in [1.29, 1.82) is 0 Å². The second-order valence-corrected chi connectivity index (χ2v) is 8.82. The lowest BCUT2D eigenvalue weighted by Crippen LogP contribution is -2.50. The maximum absolute atomic E-state index is 13.6. The van der Waals surface area contributed by atoms with Crippen molar-refractivity contribution in [1.82, 2.24) is 14.7 Å². The van der Waals surface area contributed by atoms with Gasteiger partial charge >= 0.3 is 6.09 Å². The average Bonchev–Trinajstić information content (AvgIpc) is 3.04. The fraction of sp³-hybridized carbons (Fsp3) is 0.542. The molecule has 3 aliphatic rings. The van der Waals surface area contributed by atoms with Crippen molar-refractivity contribution in [2.45, 2.75) is 45.6 Å². The summed E-state index contributed by atoms with van der Waals surface area (Å²) in [5.41, 5.74) is 1.35. The average molecular weight is 444 g/mol. The summed E-state index contributed by atoms with van der Waals surface area (Å²) < 4.78 is 18.6. The highest BCUT2D eigenvalue weighted by Crippen LogP contribution is 2.36. The normalized spacial score (nSPS) is 22.7. The minimum absolute atomic E-state index is 0.280. The first kappa shape index (κ1) is 22.3. The number of hydrogen-bond acceptors (Lipinski definition) is 5. The molecular weight excluding hydrogens is 413 g/mol. The molecule has 3 aliphatic heterocycles. The van der Waals surface area contributed by atoms with Crippen molar-refractivity contribution >= 4 is 23.5 Å². The highest BCUT2D eigenvalue weighted by Gasteiger charge is 2.46. The molecule has 3 amide bonds. The molecule has 32 heavy (non-hydrogen) atoms. The van der Waals surface area contributed by atoms with Gasteiger partial charge in [-0.05, 0) is 56.2 Å². The van der Waals surface area contributed by atoms with Gasteiger partial charge in [0, 0.05) is 32.2 Å². The summed E-state index contributed by atoms with van der Waals surface area (Å²) in [6.07, 6.45) is 2.71. The summed E-state index contributed by atoms with van der Waals surface area (Å²) >= 11 is 0. The van der Waals surface area contributed by atoms with E-state index in [1.54, 1.807) is 24.0 Å². The molecule has 0 bridgehead atoms. The van der Waals surface area contributed by atoms with Crippen LogP contribution in [-0.2, 0) is 14.3 Å². The van der Waals surface area contributed by atoms with Gasteiger partial charge in [-0.3, -0.25) is 14.5 Å². The molecular formula is C24H30FN3O4. The first-order chi connectivity index (χ1) is 15.4. The number of halogens is 1. The molecule has 1 unspecified atom stereocenters. The number of amides is 3. The van der Waals surface area contributed by atoms with Crippen LogP contribution in [0.2, 0.25) is 0 Å². The molecule has 0 radical (unpaired) electrons. The Bertz CT molecular complexity index is 922. The van der Waals surface area contributed by atoms with Crippen LogP contribution >= 0.6 is 0 Å². The van der Waals surface area contributed by atoms with E-state index in [0.29, 0.717) is 61.8 Å². The Hall–Kier alpha value is -2.90. The van der Waals surface area contributed by atoms with Crippen LogP contribution in [-0.4, -0.2) is 71.4 Å². The highest BCUT2D eigenvalue weighted by atomic mass is 19.1. The minimum Gasteiger partial charge on any atom is -0.450 e. The summed E-state index contributed by atoms with van der Waals surface area (Å²) in [5.74, 6) is -0.569. The van der Waals surface area contributed by atoms with Crippen LogP contribution in [0.5, 0.6) is 0 Å². The van der Waals surface area contributed by atoms with Crippen LogP contribution in [0.4, 0.5) is 9.18 Å². The summed E-state index contributed by atoms with van der Waals surface area (Å²) in [7, 11) is 0. The smallest absolute Gasteiger partial charge is 0.409 e. The Kier molecular flexibility index (Phi) is 6.48. The summed E-state index contributed by atoms with van der Waals surface area (Å²) in [5, 5.41) is 0. The van der Waals surface area contributed by atoms with Gasteiger partial charge in [-0.15, -0.1) is 0 Å².